The first-order chi connectivity index (χ1) is 7.38. The van der Waals surface area contributed by atoms with Crippen LogP contribution in [0.2, 0.25) is 0 Å². The maximum Gasteiger partial charge on any atom is 0.323 e. The molecule has 0 heterocycles. The van der Waals surface area contributed by atoms with Crippen LogP contribution >= 0.6 is 0 Å². The minimum Gasteiger partial charge on any atom is -0.480 e. The van der Waals surface area contributed by atoms with Gasteiger partial charge in [0.05, 0.1) is 0 Å². The second-order valence-electron chi connectivity index (χ2n) is 3.67. The average molecular weight is 231 g/mol. The number of carbonyl (C=O) groups excluding carboxylic acids is 1. The predicted octanol–water partition coefficient (Wildman–Crippen LogP) is 0.420. The van der Waals surface area contributed by atoms with Crippen molar-refractivity contribution >= 4 is 17.8 Å². The van der Waals surface area contributed by atoms with Gasteiger partial charge in [0.1, 0.15) is 13.1 Å². The molecule has 2 N–H and O–H groups in total. The quantitative estimate of drug-likeness (QED) is 0.662. The van der Waals surface area contributed by atoms with Crippen LogP contribution in [0.25, 0.3) is 0 Å². The first-order valence-corrected chi connectivity index (χ1v) is 5.10. The summed E-state index contributed by atoms with van der Waals surface area (Å²) in [5, 5.41) is 17.1. The molecule has 0 bridgehead atoms. The van der Waals surface area contributed by atoms with Crippen LogP contribution in [0.3, 0.4) is 0 Å². The lowest BCUT2D eigenvalue weighted by Gasteiger charge is -2.22. The Labute approximate surface area is 93.9 Å². The smallest absolute Gasteiger partial charge is 0.323 e. The molecule has 0 aliphatic carbocycles. The van der Waals surface area contributed by atoms with Gasteiger partial charge in [0.15, 0.2) is 0 Å². The third-order valence-corrected chi connectivity index (χ3v) is 2.11. The molecule has 1 amide bonds. The normalized spacial score (nSPS) is 11.9. The van der Waals surface area contributed by atoms with E-state index in [1.165, 1.54) is 0 Å². The van der Waals surface area contributed by atoms with Gasteiger partial charge in [0, 0.05) is 5.92 Å². The number of aliphatic carboxylic acids is 2. The van der Waals surface area contributed by atoms with Crippen molar-refractivity contribution < 1.29 is 24.6 Å². The molecule has 0 rings (SSSR count). The van der Waals surface area contributed by atoms with Crippen molar-refractivity contribution in [2.45, 2.75) is 26.7 Å². The summed E-state index contributed by atoms with van der Waals surface area (Å²) in [6, 6.07) is 0. The van der Waals surface area contributed by atoms with Gasteiger partial charge < -0.3 is 15.1 Å². The molecule has 0 fully saturated rings. The first-order valence-electron chi connectivity index (χ1n) is 5.10. The topological polar surface area (TPSA) is 94.9 Å². The van der Waals surface area contributed by atoms with E-state index in [2.05, 4.69) is 0 Å². The van der Waals surface area contributed by atoms with E-state index in [0.29, 0.717) is 6.42 Å². The van der Waals surface area contributed by atoms with Crippen LogP contribution in [-0.4, -0.2) is 46.0 Å². The third-order valence-electron chi connectivity index (χ3n) is 2.11. The zero-order valence-electron chi connectivity index (χ0n) is 9.47. The summed E-state index contributed by atoms with van der Waals surface area (Å²) in [4.78, 5) is 33.5. The largest absolute Gasteiger partial charge is 0.480 e. The van der Waals surface area contributed by atoms with E-state index in [0.717, 1.165) is 11.3 Å². The number of hydrogen-bond donors (Lipinski definition) is 2. The Hall–Kier alpha value is -1.59. The highest BCUT2D eigenvalue weighted by Gasteiger charge is 2.23. The average Bonchev–Trinajstić information content (AvgIpc) is 2.14. The molecule has 0 aliphatic rings. The number of amides is 1. The van der Waals surface area contributed by atoms with Gasteiger partial charge in [0.2, 0.25) is 5.91 Å². The monoisotopic (exact) mass is 231 g/mol. The maximum absolute atomic E-state index is 11.7. The zero-order chi connectivity index (χ0) is 12.7. The third kappa shape index (κ3) is 5.33. The van der Waals surface area contributed by atoms with Crippen molar-refractivity contribution in [3.8, 4) is 0 Å². The highest BCUT2D eigenvalue weighted by molar-refractivity contribution is 5.86. The summed E-state index contributed by atoms with van der Waals surface area (Å²) < 4.78 is 0. The first kappa shape index (κ1) is 14.4. The summed E-state index contributed by atoms with van der Waals surface area (Å²) in [5.74, 6) is -3.19. The molecule has 6 nitrogen and oxygen atoms in total. The van der Waals surface area contributed by atoms with E-state index < -0.39 is 30.9 Å². The molecule has 0 aliphatic heterocycles. The van der Waals surface area contributed by atoms with Gasteiger partial charge in [-0.3, -0.25) is 14.4 Å². The fraction of sp³-hybridized carbons (Fsp3) is 0.700. The van der Waals surface area contributed by atoms with E-state index in [1.807, 2.05) is 6.92 Å². The standard InChI is InChI=1S/C10H17NO5/c1-3-4-7(2)10(16)11(5-8(12)13)6-9(14)15/h7H,3-6H2,1-2H3,(H,12,13)(H,14,15). The Morgan fingerprint density at radius 3 is 1.88 bits per heavy atom. The van der Waals surface area contributed by atoms with Crippen LogP contribution in [0, 0.1) is 5.92 Å². The lowest BCUT2D eigenvalue weighted by molar-refractivity contribution is -0.151. The van der Waals surface area contributed by atoms with Gasteiger partial charge in [0.25, 0.3) is 0 Å². The molecule has 0 saturated carbocycles. The van der Waals surface area contributed by atoms with Gasteiger partial charge >= 0.3 is 11.9 Å². The van der Waals surface area contributed by atoms with Gasteiger partial charge in [-0.15, -0.1) is 0 Å². The van der Waals surface area contributed by atoms with Crippen molar-refractivity contribution in [1.82, 2.24) is 4.90 Å². The number of carboxylic acids is 2. The lowest BCUT2D eigenvalue weighted by atomic mass is 10.0. The van der Waals surface area contributed by atoms with Crippen LogP contribution < -0.4 is 0 Å². The van der Waals surface area contributed by atoms with Gasteiger partial charge in [-0.1, -0.05) is 20.3 Å². The van der Waals surface area contributed by atoms with Gasteiger partial charge in [-0.2, -0.15) is 0 Å². The SMILES string of the molecule is CCCC(C)C(=O)N(CC(=O)O)CC(=O)O. The van der Waals surface area contributed by atoms with E-state index in [4.69, 9.17) is 10.2 Å². The molecule has 16 heavy (non-hydrogen) atoms. The summed E-state index contributed by atoms with van der Waals surface area (Å²) in [7, 11) is 0. The summed E-state index contributed by atoms with van der Waals surface area (Å²) in [6.45, 7) is 2.43. The van der Waals surface area contributed by atoms with Crippen LogP contribution in [0.15, 0.2) is 0 Å². The Morgan fingerprint density at radius 1 is 1.12 bits per heavy atom. The Balaban J connectivity index is 4.54. The molecule has 92 valence electrons. The molecule has 0 aromatic rings. The minimum absolute atomic E-state index is 0.344. The molecular formula is C10H17NO5. The second kappa shape index (κ2) is 6.81. The summed E-state index contributed by atoms with van der Waals surface area (Å²) >= 11 is 0. The minimum atomic E-state index is -1.21. The fourth-order valence-electron chi connectivity index (χ4n) is 1.41. The number of carbonyl (C=O) groups is 3. The van der Waals surface area contributed by atoms with Crippen molar-refractivity contribution in [2.75, 3.05) is 13.1 Å². The molecule has 0 radical (unpaired) electrons. The molecule has 6 heteroatoms. The van der Waals surface area contributed by atoms with Crippen LogP contribution in [0.4, 0.5) is 0 Å². The number of carboxylic acid groups (broad SMARTS) is 2. The molecule has 1 atom stereocenters. The van der Waals surface area contributed by atoms with E-state index >= 15 is 0 Å². The number of rotatable bonds is 7. The zero-order valence-corrected chi connectivity index (χ0v) is 9.47. The van der Waals surface area contributed by atoms with Crippen LogP contribution in [-0.2, 0) is 14.4 Å². The number of nitrogens with zero attached hydrogens (tertiary/aromatic N) is 1. The van der Waals surface area contributed by atoms with Crippen molar-refractivity contribution in [3.63, 3.8) is 0 Å². The lowest BCUT2D eigenvalue weighted by Crippen LogP contribution is -2.42. The highest BCUT2D eigenvalue weighted by Crippen LogP contribution is 2.09. The molecule has 1 unspecified atom stereocenters. The molecular weight excluding hydrogens is 214 g/mol. The predicted molar refractivity (Wildman–Crippen MR) is 55.9 cm³/mol. The fourth-order valence-corrected chi connectivity index (χ4v) is 1.41. The maximum atomic E-state index is 11.7. The van der Waals surface area contributed by atoms with Crippen molar-refractivity contribution in [2.24, 2.45) is 5.92 Å². The Bertz CT molecular complexity index is 260. The van der Waals surface area contributed by atoms with E-state index in [9.17, 15) is 14.4 Å². The molecule has 0 aromatic heterocycles. The number of hydrogen-bond acceptors (Lipinski definition) is 3. The Kier molecular flexibility index (Phi) is 6.14. The van der Waals surface area contributed by atoms with Gasteiger partial charge in [-0.05, 0) is 6.42 Å². The molecule has 0 saturated heterocycles. The molecule has 0 spiro atoms. The van der Waals surface area contributed by atoms with Crippen molar-refractivity contribution in [1.29, 1.82) is 0 Å². The van der Waals surface area contributed by atoms with Crippen LogP contribution in [0.5, 0.6) is 0 Å². The van der Waals surface area contributed by atoms with Crippen LogP contribution in [0.1, 0.15) is 26.7 Å². The second-order valence-corrected chi connectivity index (χ2v) is 3.67. The molecule has 0 aromatic carbocycles. The highest BCUT2D eigenvalue weighted by atomic mass is 16.4. The summed E-state index contributed by atoms with van der Waals surface area (Å²) in [5.41, 5.74) is 0. The summed E-state index contributed by atoms with van der Waals surface area (Å²) in [6.07, 6.45) is 1.41. The van der Waals surface area contributed by atoms with E-state index in [1.54, 1.807) is 6.92 Å². The Morgan fingerprint density at radius 2 is 1.56 bits per heavy atom. The van der Waals surface area contributed by atoms with Crippen molar-refractivity contribution in [3.05, 3.63) is 0 Å². The van der Waals surface area contributed by atoms with Gasteiger partial charge in [-0.25, -0.2) is 0 Å². The van der Waals surface area contributed by atoms with E-state index in [-0.39, 0.29) is 5.92 Å².